The van der Waals surface area contributed by atoms with E-state index in [1.54, 1.807) is 25.7 Å². The quantitative estimate of drug-likeness (QED) is 0.537. The molecule has 3 rings (SSSR count). The third kappa shape index (κ3) is 5.59. The molecule has 0 spiro atoms. The number of hydrogen-bond donors (Lipinski definition) is 1. The van der Waals surface area contributed by atoms with Crippen molar-refractivity contribution in [3.8, 4) is 0 Å². The van der Waals surface area contributed by atoms with Crippen molar-refractivity contribution in [1.82, 2.24) is 5.32 Å². The first-order valence-corrected chi connectivity index (χ1v) is 10.9. The molecule has 2 saturated heterocycles. The summed E-state index contributed by atoms with van der Waals surface area (Å²) in [6.07, 6.45) is -3.70. The van der Waals surface area contributed by atoms with E-state index in [4.69, 9.17) is 9.47 Å². The predicted molar refractivity (Wildman–Crippen MR) is 113 cm³/mol. The molecule has 2 aliphatic heterocycles. The fourth-order valence-corrected chi connectivity index (χ4v) is 4.36. The van der Waals surface area contributed by atoms with Gasteiger partial charge in [0, 0.05) is 31.2 Å². The molecule has 0 saturated carbocycles. The van der Waals surface area contributed by atoms with Gasteiger partial charge in [-0.25, -0.2) is 0 Å². The number of ether oxygens (including phenoxy) is 2. The molecule has 2 heterocycles. The minimum absolute atomic E-state index is 0.116. The Morgan fingerprint density at radius 3 is 2.27 bits per heavy atom. The third-order valence-corrected chi connectivity index (χ3v) is 5.97. The van der Waals surface area contributed by atoms with Gasteiger partial charge >= 0.3 is 18.1 Å². The first-order chi connectivity index (χ1) is 15.3. The number of halogens is 3. The lowest BCUT2D eigenvalue weighted by atomic mass is 9.85. The van der Waals surface area contributed by atoms with Crippen molar-refractivity contribution in [3.05, 3.63) is 29.3 Å². The van der Waals surface area contributed by atoms with Gasteiger partial charge in [0.05, 0.1) is 18.6 Å². The molecule has 182 valence electrons. The van der Waals surface area contributed by atoms with E-state index in [9.17, 15) is 27.6 Å². The third-order valence-electron chi connectivity index (χ3n) is 5.97. The Labute approximate surface area is 190 Å². The van der Waals surface area contributed by atoms with Gasteiger partial charge in [0.25, 0.3) is 0 Å². The SMILES string of the molecule is COC(=O)[C@H]1C(=O)NCC1c1ccc(C(F)(F)F)cc1N1CCC(C(=O)OC(C)(C)C)CC1. The van der Waals surface area contributed by atoms with Crippen molar-refractivity contribution in [2.75, 3.05) is 31.6 Å². The van der Waals surface area contributed by atoms with Crippen LogP contribution in [0.5, 0.6) is 0 Å². The number of piperidine rings is 1. The van der Waals surface area contributed by atoms with E-state index in [-0.39, 0.29) is 18.4 Å². The van der Waals surface area contributed by atoms with Crippen LogP contribution in [0.25, 0.3) is 0 Å². The summed E-state index contributed by atoms with van der Waals surface area (Å²) in [6.45, 7) is 6.15. The molecule has 0 radical (unpaired) electrons. The molecule has 1 N–H and O–H groups in total. The predicted octanol–water partition coefficient (Wildman–Crippen LogP) is 3.27. The van der Waals surface area contributed by atoms with Gasteiger partial charge in [-0.05, 0) is 51.3 Å². The van der Waals surface area contributed by atoms with Crippen LogP contribution in [0.4, 0.5) is 18.9 Å². The number of rotatable bonds is 4. The maximum absolute atomic E-state index is 13.5. The molecular weight excluding hydrogens is 441 g/mol. The summed E-state index contributed by atoms with van der Waals surface area (Å²) >= 11 is 0. The maximum atomic E-state index is 13.5. The molecule has 1 unspecified atom stereocenters. The number of amides is 1. The molecule has 2 fully saturated rings. The topological polar surface area (TPSA) is 84.9 Å². The first kappa shape index (κ1) is 24.9. The Bertz CT molecular complexity index is 918. The van der Waals surface area contributed by atoms with E-state index < -0.39 is 41.1 Å². The average Bonchev–Trinajstić information content (AvgIpc) is 3.12. The highest BCUT2D eigenvalue weighted by molar-refractivity contribution is 6.01. The molecule has 2 atom stereocenters. The Morgan fingerprint density at radius 2 is 1.73 bits per heavy atom. The van der Waals surface area contributed by atoms with Gasteiger partial charge in [0.2, 0.25) is 5.91 Å². The van der Waals surface area contributed by atoms with Gasteiger partial charge in [-0.3, -0.25) is 14.4 Å². The fourth-order valence-electron chi connectivity index (χ4n) is 4.36. The maximum Gasteiger partial charge on any atom is 0.416 e. The van der Waals surface area contributed by atoms with Crippen molar-refractivity contribution in [2.24, 2.45) is 11.8 Å². The Hall–Kier alpha value is -2.78. The van der Waals surface area contributed by atoms with Crippen LogP contribution in [-0.2, 0) is 30.0 Å². The fraction of sp³-hybridized carbons (Fsp3) is 0.609. The second kappa shape index (κ2) is 9.23. The van der Waals surface area contributed by atoms with Crippen molar-refractivity contribution >= 4 is 23.5 Å². The Morgan fingerprint density at radius 1 is 1.09 bits per heavy atom. The summed E-state index contributed by atoms with van der Waals surface area (Å²) in [5.74, 6) is -3.70. The molecule has 33 heavy (non-hydrogen) atoms. The van der Waals surface area contributed by atoms with E-state index in [1.807, 2.05) is 0 Å². The lowest BCUT2D eigenvalue weighted by Crippen LogP contribution is -2.39. The van der Waals surface area contributed by atoms with Gasteiger partial charge in [-0.15, -0.1) is 0 Å². The monoisotopic (exact) mass is 470 g/mol. The second-order valence-corrected chi connectivity index (χ2v) is 9.42. The van der Waals surface area contributed by atoms with Gasteiger partial charge in [-0.2, -0.15) is 13.2 Å². The zero-order valence-electron chi connectivity index (χ0n) is 19.1. The summed E-state index contributed by atoms with van der Waals surface area (Å²) in [5.41, 5.74) is -0.661. The Balaban J connectivity index is 1.90. The number of hydrogen-bond acceptors (Lipinski definition) is 6. The number of carbonyl (C=O) groups excluding carboxylic acids is 3. The molecule has 7 nitrogen and oxygen atoms in total. The van der Waals surface area contributed by atoms with Crippen LogP contribution >= 0.6 is 0 Å². The zero-order valence-corrected chi connectivity index (χ0v) is 19.1. The molecule has 0 bridgehead atoms. The highest BCUT2D eigenvalue weighted by Crippen LogP contribution is 2.41. The molecular formula is C23H29F3N2O5. The molecule has 2 aliphatic rings. The number of benzene rings is 1. The number of carbonyl (C=O) groups is 3. The smallest absolute Gasteiger partial charge is 0.416 e. The zero-order chi connectivity index (χ0) is 24.6. The molecule has 1 amide bonds. The first-order valence-electron chi connectivity index (χ1n) is 10.9. The molecule has 0 aromatic heterocycles. The van der Waals surface area contributed by atoms with E-state index in [0.29, 0.717) is 37.2 Å². The van der Waals surface area contributed by atoms with Gasteiger partial charge in [0.15, 0.2) is 0 Å². The van der Waals surface area contributed by atoms with Crippen LogP contribution < -0.4 is 10.2 Å². The van der Waals surface area contributed by atoms with Crippen LogP contribution in [0.15, 0.2) is 18.2 Å². The van der Waals surface area contributed by atoms with E-state index in [2.05, 4.69) is 5.32 Å². The number of esters is 2. The standard InChI is InChI=1S/C23H29F3N2O5/c1-22(2,3)33-20(30)13-7-9-28(10-8-13)17-11-14(23(24,25)26)5-6-15(17)16-12-27-19(29)18(16)21(31)32-4/h5-6,11,13,16,18H,7-10,12H2,1-4H3,(H,27,29)/t16?,18-/m1/s1. The van der Waals surface area contributed by atoms with Crippen LogP contribution in [0.2, 0.25) is 0 Å². The second-order valence-electron chi connectivity index (χ2n) is 9.42. The van der Waals surface area contributed by atoms with E-state index in [1.165, 1.54) is 13.2 Å². The summed E-state index contributed by atoms with van der Waals surface area (Å²) in [4.78, 5) is 38.7. The minimum atomic E-state index is -4.55. The van der Waals surface area contributed by atoms with E-state index in [0.717, 1.165) is 12.1 Å². The Kier molecular flexibility index (Phi) is 6.95. The highest BCUT2D eigenvalue weighted by atomic mass is 19.4. The lowest BCUT2D eigenvalue weighted by molar-refractivity contribution is -0.160. The number of nitrogens with zero attached hydrogens (tertiary/aromatic N) is 1. The molecule has 1 aromatic carbocycles. The largest absolute Gasteiger partial charge is 0.468 e. The highest BCUT2D eigenvalue weighted by Gasteiger charge is 2.44. The number of alkyl halides is 3. The van der Waals surface area contributed by atoms with Crippen molar-refractivity contribution in [1.29, 1.82) is 0 Å². The van der Waals surface area contributed by atoms with Crippen LogP contribution in [0.3, 0.4) is 0 Å². The van der Waals surface area contributed by atoms with Crippen molar-refractivity contribution in [3.63, 3.8) is 0 Å². The van der Waals surface area contributed by atoms with Crippen LogP contribution in [-0.4, -0.2) is 50.2 Å². The van der Waals surface area contributed by atoms with Crippen molar-refractivity contribution < 1.29 is 37.0 Å². The summed E-state index contributed by atoms with van der Waals surface area (Å²) in [7, 11) is 1.17. The summed E-state index contributed by atoms with van der Waals surface area (Å²) < 4.78 is 50.6. The molecule has 1 aromatic rings. The number of methoxy groups -OCH3 is 1. The lowest BCUT2D eigenvalue weighted by Gasteiger charge is -2.36. The van der Waals surface area contributed by atoms with Crippen molar-refractivity contribution in [2.45, 2.75) is 51.3 Å². The van der Waals surface area contributed by atoms with E-state index >= 15 is 0 Å². The minimum Gasteiger partial charge on any atom is -0.468 e. The number of anilines is 1. The molecule has 0 aliphatic carbocycles. The summed E-state index contributed by atoms with van der Waals surface area (Å²) in [6, 6.07) is 3.35. The van der Waals surface area contributed by atoms with Crippen LogP contribution in [0.1, 0.15) is 50.7 Å². The summed E-state index contributed by atoms with van der Waals surface area (Å²) in [5, 5.41) is 2.61. The molecule has 10 heteroatoms. The average molecular weight is 470 g/mol. The van der Waals surface area contributed by atoms with Gasteiger partial charge in [0.1, 0.15) is 11.5 Å². The number of nitrogens with one attached hydrogen (secondary N) is 1. The normalized spacial score (nSPS) is 22.2. The van der Waals surface area contributed by atoms with Gasteiger partial charge < -0.3 is 19.7 Å². The van der Waals surface area contributed by atoms with Gasteiger partial charge in [-0.1, -0.05) is 6.07 Å². The van der Waals surface area contributed by atoms with Crippen LogP contribution in [0, 0.1) is 11.8 Å².